The molecule has 1 N–H and O–H groups in total. The molecule has 1 fully saturated rings. The van der Waals surface area contributed by atoms with Gasteiger partial charge in [-0.2, -0.15) is 0 Å². The monoisotopic (exact) mass is 390 g/mol. The van der Waals surface area contributed by atoms with E-state index in [1.165, 1.54) is 29.8 Å². The van der Waals surface area contributed by atoms with E-state index in [0.717, 1.165) is 44.0 Å². The maximum Gasteiger partial charge on any atom is 0.108 e. The Morgan fingerprint density at radius 3 is 2.62 bits per heavy atom. The summed E-state index contributed by atoms with van der Waals surface area (Å²) in [4.78, 5) is 9.42. The predicted octanol–water partition coefficient (Wildman–Crippen LogP) is 4.42. The molecule has 2 aliphatic rings. The number of terminal acetylenes is 1. The molecule has 1 heterocycles. The first kappa shape index (κ1) is 21.2. The Hall–Kier alpha value is -2.51. The average molecular weight is 391 g/mol. The van der Waals surface area contributed by atoms with Crippen molar-refractivity contribution in [2.45, 2.75) is 46.6 Å². The van der Waals surface area contributed by atoms with Gasteiger partial charge in [-0.1, -0.05) is 24.5 Å². The van der Waals surface area contributed by atoms with Crippen molar-refractivity contribution < 1.29 is 0 Å². The molecule has 0 saturated carbocycles. The standard InChI is InChI=1S/C25H34N4/c1-6-22-17-25(29-13-11-28(12-14-29)18-21-9-10-21)19(4)15-24(22)27-23(7-2)16-20(5)26-8-3/h2,8-9,15-17,23,27H,6,10-14,18H2,1,3-5H3/b20-16-,26-8-/t23-/m0/s1. The number of nitrogens with one attached hydrogen (secondary N) is 1. The summed E-state index contributed by atoms with van der Waals surface area (Å²) in [7, 11) is 0. The van der Waals surface area contributed by atoms with Crippen molar-refractivity contribution in [3.05, 3.63) is 46.7 Å². The first-order valence-corrected chi connectivity index (χ1v) is 10.7. The van der Waals surface area contributed by atoms with Crippen LogP contribution in [-0.2, 0) is 6.42 Å². The van der Waals surface area contributed by atoms with Crippen LogP contribution in [0.2, 0.25) is 0 Å². The van der Waals surface area contributed by atoms with Crippen molar-refractivity contribution in [1.29, 1.82) is 0 Å². The minimum Gasteiger partial charge on any atom is -0.369 e. The highest BCUT2D eigenvalue weighted by Gasteiger charge is 2.21. The molecule has 1 aromatic rings. The number of aryl methyl sites for hydroxylation is 2. The fourth-order valence-corrected chi connectivity index (χ4v) is 3.93. The lowest BCUT2D eigenvalue weighted by Crippen LogP contribution is -2.46. The summed E-state index contributed by atoms with van der Waals surface area (Å²) in [5, 5.41) is 3.52. The van der Waals surface area contributed by atoms with Crippen molar-refractivity contribution in [1.82, 2.24) is 4.90 Å². The summed E-state index contributed by atoms with van der Waals surface area (Å²) in [6.45, 7) is 13.9. The maximum atomic E-state index is 5.77. The van der Waals surface area contributed by atoms with Crippen LogP contribution in [0, 0.1) is 19.3 Å². The van der Waals surface area contributed by atoms with E-state index in [1.54, 1.807) is 11.8 Å². The van der Waals surface area contributed by atoms with Crippen molar-refractivity contribution in [3.8, 4) is 12.3 Å². The zero-order valence-corrected chi connectivity index (χ0v) is 18.3. The lowest BCUT2D eigenvalue weighted by Gasteiger charge is -2.37. The molecule has 154 valence electrons. The molecule has 0 aromatic heterocycles. The van der Waals surface area contributed by atoms with E-state index >= 15 is 0 Å². The molecule has 0 radical (unpaired) electrons. The van der Waals surface area contributed by atoms with Gasteiger partial charge in [-0.3, -0.25) is 9.89 Å². The number of anilines is 2. The van der Waals surface area contributed by atoms with E-state index in [2.05, 4.69) is 58.1 Å². The van der Waals surface area contributed by atoms with Crippen molar-refractivity contribution >= 4 is 17.6 Å². The highest BCUT2D eigenvalue weighted by Crippen LogP contribution is 2.30. The molecular formula is C25H34N4. The van der Waals surface area contributed by atoms with Gasteiger partial charge in [0.25, 0.3) is 0 Å². The quantitative estimate of drug-likeness (QED) is 0.405. The van der Waals surface area contributed by atoms with Crippen LogP contribution >= 0.6 is 0 Å². The van der Waals surface area contributed by atoms with Gasteiger partial charge in [0.15, 0.2) is 0 Å². The van der Waals surface area contributed by atoms with E-state index < -0.39 is 0 Å². The Bertz CT molecular complexity index is 848. The van der Waals surface area contributed by atoms with E-state index in [1.807, 2.05) is 19.9 Å². The summed E-state index contributed by atoms with van der Waals surface area (Å²) in [5.41, 5.74) is 7.62. The van der Waals surface area contributed by atoms with Gasteiger partial charge in [-0.15, -0.1) is 6.42 Å². The van der Waals surface area contributed by atoms with Crippen LogP contribution < -0.4 is 10.2 Å². The number of aliphatic imine (C=N–C) groups is 1. The van der Waals surface area contributed by atoms with Crippen LogP contribution in [0.3, 0.4) is 0 Å². The topological polar surface area (TPSA) is 30.9 Å². The lowest BCUT2D eigenvalue weighted by molar-refractivity contribution is 0.280. The third kappa shape index (κ3) is 5.74. The molecular weight excluding hydrogens is 356 g/mol. The van der Waals surface area contributed by atoms with Crippen LogP contribution in [0.4, 0.5) is 11.4 Å². The SMILES string of the molecule is C#C[C@@H](/C=C(C)\N=C/C)Nc1cc(C)c(N2CCN(CC3=CC3)CC2)cc1CC. The molecule has 4 heteroatoms. The first-order valence-electron chi connectivity index (χ1n) is 10.7. The Morgan fingerprint density at radius 2 is 2.03 bits per heavy atom. The van der Waals surface area contributed by atoms with E-state index in [9.17, 15) is 0 Å². The summed E-state index contributed by atoms with van der Waals surface area (Å²) in [6.07, 6.45) is 14.1. The number of hydrogen-bond acceptors (Lipinski definition) is 4. The average Bonchev–Trinajstić information content (AvgIpc) is 3.52. The van der Waals surface area contributed by atoms with Gasteiger partial charge < -0.3 is 10.2 Å². The molecule has 0 bridgehead atoms. The number of allylic oxidation sites excluding steroid dienone is 2. The molecule has 0 unspecified atom stereocenters. The number of benzene rings is 1. The van der Waals surface area contributed by atoms with Crippen LogP contribution in [0.5, 0.6) is 0 Å². The van der Waals surface area contributed by atoms with Gasteiger partial charge in [0.05, 0.1) is 0 Å². The van der Waals surface area contributed by atoms with Crippen molar-refractivity contribution in [2.75, 3.05) is 42.9 Å². The van der Waals surface area contributed by atoms with Crippen molar-refractivity contribution in [3.63, 3.8) is 0 Å². The van der Waals surface area contributed by atoms with Crippen LogP contribution in [0.15, 0.2) is 40.5 Å². The van der Waals surface area contributed by atoms with Crippen LogP contribution in [-0.4, -0.2) is 49.9 Å². The fraction of sp³-hybridized carbons (Fsp3) is 0.480. The Labute approximate surface area is 176 Å². The molecule has 1 aliphatic heterocycles. The molecule has 4 nitrogen and oxygen atoms in total. The van der Waals surface area contributed by atoms with Gasteiger partial charge in [-0.25, -0.2) is 0 Å². The summed E-state index contributed by atoms with van der Waals surface area (Å²) < 4.78 is 0. The molecule has 0 spiro atoms. The van der Waals surface area contributed by atoms with E-state index in [0.29, 0.717) is 0 Å². The summed E-state index contributed by atoms with van der Waals surface area (Å²) in [6, 6.07) is 4.44. The normalized spacial score (nSPS) is 18.5. The highest BCUT2D eigenvalue weighted by atomic mass is 15.3. The van der Waals surface area contributed by atoms with Gasteiger partial charge >= 0.3 is 0 Å². The Morgan fingerprint density at radius 1 is 1.31 bits per heavy atom. The smallest absolute Gasteiger partial charge is 0.108 e. The molecule has 0 amide bonds. The summed E-state index contributed by atoms with van der Waals surface area (Å²) in [5.74, 6) is 2.83. The number of rotatable bonds is 8. The van der Waals surface area contributed by atoms with E-state index in [4.69, 9.17) is 6.42 Å². The fourth-order valence-electron chi connectivity index (χ4n) is 3.93. The highest BCUT2D eigenvalue weighted by molar-refractivity contribution is 5.66. The van der Waals surface area contributed by atoms with Crippen LogP contribution in [0.25, 0.3) is 0 Å². The third-order valence-corrected chi connectivity index (χ3v) is 5.67. The second kappa shape index (κ2) is 9.80. The second-order valence-electron chi connectivity index (χ2n) is 7.96. The third-order valence-electron chi connectivity index (χ3n) is 5.67. The molecule has 1 atom stereocenters. The minimum absolute atomic E-state index is 0.172. The molecule has 3 rings (SSSR count). The van der Waals surface area contributed by atoms with E-state index in [-0.39, 0.29) is 6.04 Å². The van der Waals surface area contributed by atoms with Gasteiger partial charge in [0.2, 0.25) is 0 Å². The Kier molecular flexibility index (Phi) is 7.17. The number of piperazine rings is 1. The van der Waals surface area contributed by atoms with Crippen molar-refractivity contribution in [2.24, 2.45) is 4.99 Å². The maximum absolute atomic E-state index is 5.77. The first-order chi connectivity index (χ1) is 14.0. The molecule has 1 saturated heterocycles. The largest absolute Gasteiger partial charge is 0.369 e. The predicted molar refractivity (Wildman–Crippen MR) is 126 cm³/mol. The zero-order chi connectivity index (χ0) is 20.8. The van der Waals surface area contributed by atoms with Gasteiger partial charge in [-0.05, 0) is 62.9 Å². The lowest BCUT2D eigenvalue weighted by atomic mass is 10.0. The second-order valence-corrected chi connectivity index (χ2v) is 7.96. The minimum atomic E-state index is -0.172. The van der Waals surface area contributed by atoms with Crippen LogP contribution in [0.1, 0.15) is 38.3 Å². The summed E-state index contributed by atoms with van der Waals surface area (Å²) >= 11 is 0. The van der Waals surface area contributed by atoms with Gasteiger partial charge in [0, 0.05) is 56.0 Å². The number of hydrogen-bond donors (Lipinski definition) is 1. The molecule has 1 aliphatic carbocycles. The molecule has 1 aromatic carbocycles. The molecule has 29 heavy (non-hydrogen) atoms. The number of nitrogens with zero attached hydrogens (tertiary/aromatic N) is 3. The van der Waals surface area contributed by atoms with Gasteiger partial charge in [0.1, 0.15) is 6.04 Å². The Balaban J connectivity index is 1.72. The zero-order valence-electron chi connectivity index (χ0n) is 18.3.